The van der Waals surface area contributed by atoms with E-state index in [0.717, 1.165) is 42.6 Å². The predicted molar refractivity (Wildman–Crippen MR) is 107 cm³/mol. The van der Waals surface area contributed by atoms with Crippen molar-refractivity contribution in [3.8, 4) is 11.3 Å². The molecule has 2 aromatic rings. The summed E-state index contributed by atoms with van der Waals surface area (Å²) in [5.41, 5.74) is 2.13. The first-order valence-corrected chi connectivity index (χ1v) is 10.5. The SMILES string of the molecule is CN(C(=O)c1cc(-c2ccc(Cl)c(Cl)c2)n[nH]1)C12CC3CC(CC(C3)C1)C2. The molecule has 1 N–H and O–H groups in total. The molecule has 0 spiro atoms. The van der Waals surface area contributed by atoms with Gasteiger partial charge in [0.2, 0.25) is 0 Å². The van der Waals surface area contributed by atoms with E-state index in [0.29, 0.717) is 21.4 Å². The van der Waals surface area contributed by atoms with Crippen LogP contribution in [0.3, 0.4) is 0 Å². The van der Waals surface area contributed by atoms with Gasteiger partial charge in [0.25, 0.3) is 5.91 Å². The Bertz CT molecular complexity index is 871. The molecule has 4 nitrogen and oxygen atoms in total. The number of hydrogen-bond donors (Lipinski definition) is 1. The zero-order chi connectivity index (χ0) is 18.8. The Kier molecular flexibility index (Phi) is 4.07. The van der Waals surface area contributed by atoms with Gasteiger partial charge < -0.3 is 4.90 Å². The molecule has 0 atom stereocenters. The van der Waals surface area contributed by atoms with Gasteiger partial charge in [0.1, 0.15) is 5.69 Å². The number of aromatic nitrogens is 2. The van der Waals surface area contributed by atoms with Crippen molar-refractivity contribution >= 4 is 29.1 Å². The van der Waals surface area contributed by atoms with Crippen molar-refractivity contribution in [3.63, 3.8) is 0 Å². The van der Waals surface area contributed by atoms with Gasteiger partial charge in [-0.05, 0) is 74.5 Å². The predicted octanol–water partition coefficient (Wildman–Crippen LogP) is 5.42. The summed E-state index contributed by atoms with van der Waals surface area (Å²) >= 11 is 12.1. The molecule has 4 fully saturated rings. The largest absolute Gasteiger partial charge is 0.335 e. The standard InChI is InChI=1S/C21H23Cl2N3O/c1-26(21-9-12-4-13(10-21)6-14(5-12)11-21)20(27)19-8-18(24-25-19)15-2-3-16(22)17(23)7-15/h2-3,7-8,12-14H,4-6,9-11H2,1H3,(H,24,25). The topological polar surface area (TPSA) is 49.0 Å². The van der Waals surface area contributed by atoms with Gasteiger partial charge in [-0.25, -0.2) is 0 Å². The van der Waals surface area contributed by atoms with Gasteiger partial charge in [-0.1, -0.05) is 29.3 Å². The Labute approximate surface area is 169 Å². The summed E-state index contributed by atoms with van der Waals surface area (Å²) in [6.07, 6.45) is 7.59. The van der Waals surface area contributed by atoms with Gasteiger partial charge in [-0.3, -0.25) is 9.89 Å². The molecular weight excluding hydrogens is 381 g/mol. The summed E-state index contributed by atoms with van der Waals surface area (Å²) in [7, 11) is 1.98. The van der Waals surface area contributed by atoms with E-state index in [4.69, 9.17) is 23.2 Å². The van der Waals surface area contributed by atoms with E-state index < -0.39 is 0 Å². The minimum absolute atomic E-state index is 0.0377. The Hall–Kier alpha value is -1.52. The van der Waals surface area contributed by atoms with Crippen LogP contribution in [0.15, 0.2) is 24.3 Å². The van der Waals surface area contributed by atoms with Crippen LogP contribution in [0.2, 0.25) is 10.0 Å². The first-order chi connectivity index (χ1) is 12.9. The molecule has 0 aliphatic heterocycles. The number of hydrogen-bond acceptors (Lipinski definition) is 2. The average molecular weight is 404 g/mol. The molecule has 0 radical (unpaired) electrons. The van der Waals surface area contributed by atoms with Crippen molar-refractivity contribution in [1.82, 2.24) is 15.1 Å². The van der Waals surface area contributed by atoms with Crippen molar-refractivity contribution in [2.24, 2.45) is 17.8 Å². The number of aromatic amines is 1. The molecule has 1 heterocycles. The molecule has 0 unspecified atom stereocenters. The summed E-state index contributed by atoms with van der Waals surface area (Å²) in [6, 6.07) is 7.20. The third-order valence-electron chi connectivity index (χ3n) is 7.05. The van der Waals surface area contributed by atoms with Crippen LogP contribution in [0.5, 0.6) is 0 Å². The van der Waals surface area contributed by atoms with Crippen LogP contribution >= 0.6 is 23.2 Å². The number of rotatable bonds is 3. The first kappa shape index (κ1) is 17.6. The summed E-state index contributed by atoms with van der Waals surface area (Å²) in [5.74, 6) is 2.45. The Balaban J connectivity index is 1.40. The molecule has 6 heteroatoms. The van der Waals surface area contributed by atoms with Crippen LogP contribution in [0.4, 0.5) is 0 Å². The molecule has 4 aliphatic carbocycles. The Morgan fingerprint density at radius 2 is 1.70 bits per heavy atom. The molecule has 142 valence electrons. The quantitative estimate of drug-likeness (QED) is 0.742. The van der Waals surface area contributed by atoms with Gasteiger partial charge in [-0.15, -0.1) is 0 Å². The molecule has 27 heavy (non-hydrogen) atoms. The normalized spacial score (nSPS) is 31.3. The van der Waals surface area contributed by atoms with Gasteiger partial charge >= 0.3 is 0 Å². The van der Waals surface area contributed by atoms with Gasteiger partial charge in [0.15, 0.2) is 0 Å². The third-order valence-corrected chi connectivity index (χ3v) is 7.78. The lowest BCUT2D eigenvalue weighted by Crippen LogP contribution is -2.60. The molecule has 6 rings (SSSR count). The molecule has 0 saturated heterocycles. The second kappa shape index (κ2) is 6.25. The molecule has 4 saturated carbocycles. The number of nitrogens with zero attached hydrogens (tertiary/aromatic N) is 2. The number of carbonyl (C=O) groups excluding carboxylic acids is 1. The maximum atomic E-state index is 13.2. The van der Waals surface area contributed by atoms with Crippen LogP contribution in [0.25, 0.3) is 11.3 Å². The lowest BCUT2D eigenvalue weighted by molar-refractivity contribution is -0.0667. The minimum Gasteiger partial charge on any atom is -0.335 e. The number of amides is 1. The molecule has 1 amide bonds. The van der Waals surface area contributed by atoms with E-state index >= 15 is 0 Å². The zero-order valence-electron chi connectivity index (χ0n) is 15.3. The minimum atomic E-state index is 0.0377. The number of nitrogens with one attached hydrogen (secondary N) is 1. The van der Waals surface area contributed by atoms with Crippen LogP contribution in [-0.2, 0) is 0 Å². The maximum absolute atomic E-state index is 13.2. The number of halogens is 2. The number of benzene rings is 1. The molecule has 4 aliphatic rings. The van der Waals surface area contributed by atoms with Gasteiger partial charge in [-0.2, -0.15) is 5.10 Å². The van der Waals surface area contributed by atoms with Crippen molar-refractivity contribution in [3.05, 3.63) is 40.0 Å². The van der Waals surface area contributed by atoms with E-state index in [1.165, 1.54) is 19.3 Å². The van der Waals surface area contributed by atoms with E-state index in [-0.39, 0.29) is 11.4 Å². The molecule has 4 bridgehead atoms. The second-order valence-corrected chi connectivity index (χ2v) is 9.62. The smallest absolute Gasteiger partial charge is 0.272 e. The summed E-state index contributed by atoms with van der Waals surface area (Å²) in [5, 5.41) is 8.26. The summed E-state index contributed by atoms with van der Waals surface area (Å²) in [6.45, 7) is 0. The summed E-state index contributed by atoms with van der Waals surface area (Å²) < 4.78 is 0. The van der Waals surface area contributed by atoms with Crippen molar-refractivity contribution in [2.45, 2.75) is 44.1 Å². The highest BCUT2D eigenvalue weighted by Crippen LogP contribution is 2.57. The van der Waals surface area contributed by atoms with Crippen LogP contribution < -0.4 is 0 Å². The monoisotopic (exact) mass is 403 g/mol. The van der Waals surface area contributed by atoms with E-state index in [1.807, 2.05) is 24.1 Å². The second-order valence-electron chi connectivity index (χ2n) is 8.80. The highest BCUT2D eigenvalue weighted by Gasteiger charge is 2.53. The fourth-order valence-electron chi connectivity index (χ4n) is 6.11. The first-order valence-electron chi connectivity index (χ1n) is 9.72. The van der Waals surface area contributed by atoms with Crippen LogP contribution in [0, 0.1) is 17.8 Å². The molecule has 1 aromatic carbocycles. The summed E-state index contributed by atoms with van der Waals surface area (Å²) in [4.78, 5) is 15.3. The number of carbonyl (C=O) groups is 1. The fraction of sp³-hybridized carbons (Fsp3) is 0.524. The number of H-pyrrole nitrogens is 1. The molecular formula is C21H23Cl2N3O. The zero-order valence-corrected chi connectivity index (χ0v) is 16.9. The maximum Gasteiger partial charge on any atom is 0.272 e. The van der Waals surface area contributed by atoms with Crippen LogP contribution in [-0.4, -0.2) is 33.6 Å². The fourth-order valence-corrected chi connectivity index (χ4v) is 6.40. The highest BCUT2D eigenvalue weighted by atomic mass is 35.5. The van der Waals surface area contributed by atoms with Gasteiger partial charge in [0.05, 0.1) is 15.7 Å². The van der Waals surface area contributed by atoms with E-state index in [9.17, 15) is 4.79 Å². The Morgan fingerprint density at radius 3 is 2.30 bits per heavy atom. The van der Waals surface area contributed by atoms with E-state index in [2.05, 4.69) is 10.2 Å². The van der Waals surface area contributed by atoms with Crippen molar-refractivity contribution in [2.75, 3.05) is 7.05 Å². The van der Waals surface area contributed by atoms with E-state index in [1.54, 1.807) is 12.1 Å². The van der Waals surface area contributed by atoms with Crippen molar-refractivity contribution < 1.29 is 4.79 Å². The van der Waals surface area contributed by atoms with Crippen molar-refractivity contribution in [1.29, 1.82) is 0 Å². The van der Waals surface area contributed by atoms with Crippen LogP contribution in [0.1, 0.15) is 49.0 Å². The highest BCUT2D eigenvalue weighted by molar-refractivity contribution is 6.42. The third kappa shape index (κ3) is 2.89. The molecule has 1 aromatic heterocycles. The Morgan fingerprint density at radius 1 is 1.07 bits per heavy atom. The lowest BCUT2D eigenvalue weighted by Gasteiger charge is -2.59. The van der Waals surface area contributed by atoms with Gasteiger partial charge in [0, 0.05) is 18.2 Å². The lowest BCUT2D eigenvalue weighted by atomic mass is 9.52. The average Bonchev–Trinajstić information content (AvgIpc) is 3.12.